The lowest BCUT2D eigenvalue weighted by Crippen LogP contribution is -2.34. The summed E-state index contributed by atoms with van der Waals surface area (Å²) in [5.74, 6) is 2.89. The van der Waals surface area contributed by atoms with Crippen molar-refractivity contribution in [3.05, 3.63) is 0 Å². The Kier molecular flexibility index (Phi) is 1.85. The number of fused-ring (bicyclic) bond motifs is 2. The largest absolute Gasteiger partial charge is 0.0625 e. The smallest absolute Gasteiger partial charge is 0.0241 e. The van der Waals surface area contributed by atoms with Gasteiger partial charge < -0.3 is 0 Å². The van der Waals surface area contributed by atoms with Crippen molar-refractivity contribution >= 4 is 0 Å². The molecule has 0 aromatic heterocycles. The third kappa shape index (κ3) is 0.980. The predicted octanol–water partition coefficient (Wildman–Crippen LogP) is 4.10. The van der Waals surface area contributed by atoms with Gasteiger partial charge in [-0.25, -0.2) is 0 Å². The molecule has 0 amide bonds. The molecule has 76 valence electrons. The first-order valence-corrected chi connectivity index (χ1v) is 5.89. The van der Waals surface area contributed by atoms with Crippen LogP contribution in [0.15, 0.2) is 0 Å². The summed E-state index contributed by atoms with van der Waals surface area (Å²) < 4.78 is 0. The van der Waals surface area contributed by atoms with E-state index in [1.165, 1.54) is 19.3 Å². The fraction of sp³-hybridized carbons (Fsp3) is 1.00. The van der Waals surface area contributed by atoms with Crippen molar-refractivity contribution in [2.75, 3.05) is 0 Å². The summed E-state index contributed by atoms with van der Waals surface area (Å²) in [4.78, 5) is 0. The van der Waals surface area contributed by atoms with Gasteiger partial charge in [-0.15, -0.1) is 0 Å². The molecular weight excluding hydrogens is 156 g/mol. The molecule has 0 aromatic carbocycles. The Morgan fingerprint density at radius 2 is 1.77 bits per heavy atom. The van der Waals surface area contributed by atoms with Crippen molar-refractivity contribution in [1.82, 2.24) is 0 Å². The van der Waals surface area contributed by atoms with E-state index in [1.54, 1.807) is 0 Å². The summed E-state index contributed by atoms with van der Waals surface area (Å²) >= 11 is 0. The van der Waals surface area contributed by atoms with E-state index in [1.807, 2.05) is 0 Å². The van der Waals surface area contributed by atoms with Crippen LogP contribution in [-0.4, -0.2) is 0 Å². The average Bonchev–Trinajstić information content (AvgIpc) is 2.34. The second kappa shape index (κ2) is 2.52. The summed E-state index contributed by atoms with van der Waals surface area (Å²) in [6.45, 7) is 12.4. The Morgan fingerprint density at radius 1 is 1.15 bits per heavy atom. The van der Waals surface area contributed by atoms with Crippen molar-refractivity contribution in [2.24, 2.45) is 28.6 Å². The second-order valence-electron chi connectivity index (χ2n) is 6.46. The van der Waals surface area contributed by atoms with Gasteiger partial charge in [-0.05, 0) is 47.8 Å². The molecule has 2 bridgehead atoms. The minimum atomic E-state index is 0.613. The summed E-state index contributed by atoms with van der Waals surface area (Å²) in [5, 5.41) is 0. The van der Waals surface area contributed by atoms with E-state index in [9.17, 15) is 0 Å². The molecule has 13 heavy (non-hydrogen) atoms. The summed E-state index contributed by atoms with van der Waals surface area (Å²) in [5.41, 5.74) is 1.26. The van der Waals surface area contributed by atoms with Gasteiger partial charge >= 0.3 is 0 Å². The van der Waals surface area contributed by atoms with E-state index in [0.29, 0.717) is 10.8 Å². The molecule has 2 saturated carbocycles. The normalized spacial score (nSPS) is 47.5. The molecule has 0 aliphatic heterocycles. The molecule has 0 saturated heterocycles. The molecule has 2 rings (SSSR count). The van der Waals surface area contributed by atoms with Gasteiger partial charge in [-0.3, -0.25) is 0 Å². The van der Waals surface area contributed by atoms with Crippen LogP contribution < -0.4 is 0 Å². The topological polar surface area (TPSA) is 0 Å². The van der Waals surface area contributed by atoms with E-state index in [-0.39, 0.29) is 0 Å². The van der Waals surface area contributed by atoms with Gasteiger partial charge in [0, 0.05) is 0 Å². The Morgan fingerprint density at radius 3 is 2.00 bits per heavy atom. The van der Waals surface area contributed by atoms with Gasteiger partial charge in [0.15, 0.2) is 0 Å². The van der Waals surface area contributed by atoms with E-state index in [0.717, 1.165) is 17.8 Å². The van der Waals surface area contributed by atoms with Crippen LogP contribution in [0.5, 0.6) is 0 Å². The maximum absolute atomic E-state index is 2.55. The third-order valence-electron chi connectivity index (χ3n) is 5.67. The van der Waals surface area contributed by atoms with Gasteiger partial charge in [-0.1, -0.05) is 34.6 Å². The van der Waals surface area contributed by atoms with Gasteiger partial charge in [0.05, 0.1) is 0 Å². The fourth-order valence-corrected chi connectivity index (χ4v) is 4.27. The predicted molar refractivity (Wildman–Crippen MR) is 57.6 cm³/mol. The SMILES string of the molecule is CC(C)[C@@H]1CC2CC[C@@]1(C)C2(C)C. The van der Waals surface area contributed by atoms with Crippen molar-refractivity contribution in [1.29, 1.82) is 0 Å². The molecule has 3 atom stereocenters. The Balaban J connectivity index is 2.33. The maximum atomic E-state index is 2.55. The minimum Gasteiger partial charge on any atom is -0.0625 e. The monoisotopic (exact) mass is 180 g/mol. The number of hydrogen-bond donors (Lipinski definition) is 0. The Bertz CT molecular complexity index is 214. The van der Waals surface area contributed by atoms with Gasteiger partial charge in [0.2, 0.25) is 0 Å². The molecule has 2 aliphatic carbocycles. The van der Waals surface area contributed by atoms with Crippen molar-refractivity contribution < 1.29 is 0 Å². The lowest BCUT2D eigenvalue weighted by atomic mass is 9.64. The summed E-state index contributed by atoms with van der Waals surface area (Å²) in [7, 11) is 0. The quantitative estimate of drug-likeness (QED) is 0.570. The first-order valence-electron chi connectivity index (χ1n) is 5.89. The second-order valence-corrected chi connectivity index (χ2v) is 6.46. The minimum absolute atomic E-state index is 0.613. The van der Waals surface area contributed by atoms with Crippen LogP contribution in [0.1, 0.15) is 53.9 Å². The molecule has 0 spiro atoms. The lowest BCUT2D eigenvalue weighted by molar-refractivity contribution is 0.0766. The van der Waals surface area contributed by atoms with Crippen LogP contribution >= 0.6 is 0 Å². The molecule has 0 heteroatoms. The zero-order valence-electron chi connectivity index (χ0n) is 9.85. The molecule has 1 unspecified atom stereocenters. The lowest BCUT2D eigenvalue weighted by Gasteiger charge is -2.41. The highest BCUT2D eigenvalue weighted by atomic mass is 14.7. The van der Waals surface area contributed by atoms with Crippen LogP contribution in [0.3, 0.4) is 0 Å². The van der Waals surface area contributed by atoms with Crippen LogP contribution in [0.25, 0.3) is 0 Å². The van der Waals surface area contributed by atoms with E-state index >= 15 is 0 Å². The summed E-state index contributed by atoms with van der Waals surface area (Å²) in [6.07, 6.45) is 4.47. The van der Waals surface area contributed by atoms with Gasteiger partial charge in [0.25, 0.3) is 0 Å². The van der Waals surface area contributed by atoms with Gasteiger partial charge in [0.1, 0.15) is 0 Å². The number of hydrogen-bond acceptors (Lipinski definition) is 0. The van der Waals surface area contributed by atoms with Crippen LogP contribution in [0, 0.1) is 28.6 Å². The standard InChI is InChI=1S/C13H24/c1-9(2)11-8-10-6-7-13(11,5)12(10,3)4/h9-11H,6-8H2,1-5H3/t10?,11-,13+/m0/s1. The van der Waals surface area contributed by atoms with E-state index < -0.39 is 0 Å². The molecule has 0 nitrogen and oxygen atoms in total. The zero-order chi connectivity index (χ0) is 9.85. The zero-order valence-corrected chi connectivity index (χ0v) is 9.85. The highest BCUT2D eigenvalue weighted by Gasteiger charge is 2.61. The molecule has 2 aliphatic rings. The molecule has 0 N–H and O–H groups in total. The van der Waals surface area contributed by atoms with Gasteiger partial charge in [-0.2, -0.15) is 0 Å². The van der Waals surface area contributed by atoms with E-state index in [4.69, 9.17) is 0 Å². The molecule has 0 heterocycles. The van der Waals surface area contributed by atoms with Crippen molar-refractivity contribution in [3.63, 3.8) is 0 Å². The van der Waals surface area contributed by atoms with Crippen LogP contribution in [0.4, 0.5) is 0 Å². The fourth-order valence-electron chi connectivity index (χ4n) is 4.27. The summed E-state index contributed by atoms with van der Waals surface area (Å²) in [6, 6.07) is 0. The Labute approximate surface area is 83.1 Å². The van der Waals surface area contributed by atoms with Crippen molar-refractivity contribution in [3.8, 4) is 0 Å². The van der Waals surface area contributed by atoms with Crippen molar-refractivity contribution in [2.45, 2.75) is 53.9 Å². The molecular formula is C13H24. The maximum Gasteiger partial charge on any atom is -0.0241 e. The van der Waals surface area contributed by atoms with Crippen LogP contribution in [0.2, 0.25) is 0 Å². The average molecular weight is 180 g/mol. The molecule has 0 aromatic rings. The first kappa shape index (κ1) is 9.55. The Hall–Kier alpha value is 0. The third-order valence-corrected chi connectivity index (χ3v) is 5.67. The number of rotatable bonds is 1. The highest BCUT2D eigenvalue weighted by Crippen LogP contribution is 2.69. The van der Waals surface area contributed by atoms with E-state index in [2.05, 4.69) is 34.6 Å². The molecule has 2 fully saturated rings. The molecule has 0 radical (unpaired) electrons. The highest BCUT2D eigenvalue weighted by molar-refractivity contribution is 5.10. The first-order chi connectivity index (χ1) is 5.89. The van der Waals surface area contributed by atoms with Crippen LogP contribution in [-0.2, 0) is 0 Å².